The Labute approximate surface area is 143 Å². The predicted molar refractivity (Wildman–Crippen MR) is 95.6 cm³/mol. The van der Waals surface area contributed by atoms with Crippen molar-refractivity contribution < 1.29 is 4.74 Å². The Hall–Kier alpha value is -2.60. The lowest BCUT2D eigenvalue weighted by molar-refractivity contribution is 0.415. The van der Waals surface area contributed by atoms with Crippen LogP contribution in [0.25, 0.3) is 16.6 Å². The highest BCUT2D eigenvalue weighted by atomic mass is 32.2. The van der Waals surface area contributed by atoms with Crippen molar-refractivity contribution in [3.63, 3.8) is 0 Å². The van der Waals surface area contributed by atoms with Gasteiger partial charge in [-0.1, -0.05) is 17.8 Å². The van der Waals surface area contributed by atoms with E-state index in [4.69, 9.17) is 4.74 Å². The van der Waals surface area contributed by atoms with E-state index >= 15 is 0 Å². The van der Waals surface area contributed by atoms with E-state index in [1.54, 1.807) is 18.9 Å². The molecule has 0 radical (unpaired) electrons. The fourth-order valence-corrected chi connectivity index (χ4v) is 3.58. The topological polar surface area (TPSA) is 52.3 Å². The van der Waals surface area contributed by atoms with Crippen LogP contribution in [0.5, 0.6) is 5.75 Å². The molecule has 3 aromatic heterocycles. The lowest BCUT2D eigenvalue weighted by atomic mass is 10.1. The van der Waals surface area contributed by atoms with E-state index in [9.17, 15) is 0 Å². The van der Waals surface area contributed by atoms with Gasteiger partial charge < -0.3 is 4.74 Å². The summed E-state index contributed by atoms with van der Waals surface area (Å²) in [5.74, 6) is 1.57. The highest BCUT2D eigenvalue weighted by Crippen LogP contribution is 2.29. The molecule has 0 spiro atoms. The van der Waals surface area contributed by atoms with Gasteiger partial charge in [0.1, 0.15) is 5.75 Å². The van der Waals surface area contributed by atoms with Gasteiger partial charge in [-0.05, 0) is 48.2 Å². The van der Waals surface area contributed by atoms with E-state index in [1.807, 2.05) is 36.5 Å². The molecule has 0 fully saturated rings. The minimum atomic E-state index is 0.751. The summed E-state index contributed by atoms with van der Waals surface area (Å²) in [7, 11) is 1.68. The summed E-state index contributed by atoms with van der Waals surface area (Å²) in [5.41, 5.74) is 4.04. The molecular formula is C18H16N4OS. The molecule has 0 atom stereocenters. The van der Waals surface area contributed by atoms with E-state index < -0.39 is 0 Å². The van der Waals surface area contributed by atoms with Gasteiger partial charge in [-0.25, -0.2) is 0 Å². The second-order valence-corrected chi connectivity index (χ2v) is 6.45. The van der Waals surface area contributed by atoms with Crippen LogP contribution in [0.1, 0.15) is 11.3 Å². The van der Waals surface area contributed by atoms with E-state index in [1.165, 1.54) is 0 Å². The van der Waals surface area contributed by atoms with Crippen molar-refractivity contribution in [2.45, 2.75) is 17.8 Å². The largest absolute Gasteiger partial charge is 0.497 e. The van der Waals surface area contributed by atoms with Crippen molar-refractivity contribution >= 4 is 28.3 Å². The minimum Gasteiger partial charge on any atom is -0.497 e. The monoisotopic (exact) mass is 336 g/mol. The number of fused-ring (bicyclic) bond motifs is 3. The van der Waals surface area contributed by atoms with Crippen molar-refractivity contribution in [3.8, 4) is 5.75 Å². The molecular weight excluding hydrogens is 320 g/mol. The molecule has 0 saturated heterocycles. The number of methoxy groups -OCH3 is 1. The first-order valence-corrected chi connectivity index (χ1v) is 8.60. The molecule has 120 valence electrons. The number of benzene rings is 1. The molecule has 1 aromatic carbocycles. The first kappa shape index (κ1) is 15.0. The van der Waals surface area contributed by atoms with E-state index in [0.29, 0.717) is 0 Å². The van der Waals surface area contributed by atoms with Crippen LogP contribution in [0.3, 0.4) is 0 Å². The number of aromatic nitrogens is 4. The Morgan fingerprint density at radius 1 is 1.12 bits per heavy atom. The molecule has 0 aliphatic heterocycles. The van der Waals surface area contributed by atoms with Crippen LogP contribution in [0.15, 0.2) is 53.8 Å². The molecule has 0 saturated carbocycles. The summed E-state index contributed by atoms with van der Waals surface area (Å²) in [5, 5.41) is 10.7. The van der Waals surface area contributed by atoms with Crippen LogP contribution in [0.2, 0.25) is 0 Å². The summed E-state index contributed by atoms with van der Waals surface area (Å²) < 4.78 is 7.47. The Bertz CT molecular complexity index is 1010. The maximum Gasteiger partial charge on any atom is 0.196 e. The molecule has 0 aliphatic carbocycles. The van der Waals surface area contributed by atoms with Gasteiger partial charge in [0.25, 0.3) is 0 Å². The molecule has 0 unspecified atom stereocenters. The predicted octanol–water partition coefficient (Wildman–Crippen LogP) is 3.89. The van der Waals surface area contributed by atoms with Crippen molar-refractivity contribution in [3.05, 3.63) is 59.9 Å². The molecule has 0 N–H and O–H groups in total. The third kappa shape index (κ3) is 2.59. The second kappa shape index (κ2) is 6.13. The van der Waals surface area contributed by atoms with Crippen LogP contribution in [-0.4, -0.2) is 26.7 Å². The number of hydrogen-bond acceptors (Lipinski definition) is 5. The van der Waals surface area contributed by atoms with Gasteiger partial charge in [0.15, 0.2) is 10.8 Å². The van der Waals surface area contributed by atoms with Gasteiger partial charge >= 0.3 is 0 Å². The number of nitrogens with zero attached hydrogens (tertiary/aromatic N) is 4. The number of thioether (sulfide) groups is 1. The Balaban J connectivity index is 1.83. The average molecular weight is 336 g/mol. The highest BCUT2D eigenvalue weighted by molar-refractivity contribution is 7.98. The molecule has 6 heteroatoms. The quantitative estimate of drug-likeness (QED) is 0.529. The Morgan fingerprint density at radius 3 is 2.83 bits per heavy atom. The fourth-order valence-electron chi connectivity index (χ4n) is 2.72. The van der Waals surface area contributed by atoms with Gasteiger partial charge in [-0.2, -0.15) is 0 Å². The molecule has 0 bridgehead atoms. The molecule has 0 amide bonds. The van der Waals surface area contributed by atoms with Crippen LogP contribution < -0.4 is 4.74 Å². The summed E-state index contributed by atoms with van der Waals surface area (Å²) in [6.07, 6.45) is 1.81. The summed E-state index contributed by atoms with van der Waals surface area (Å²) in [4.78, 5) is 4.37. The molecule has 5 nitrogen and oxygen atoms in total. The Morgan fingerprint density at radius 2 is 2.04 bits per heavy atom. The number of pyridine rings is 2. The number of rotatable bonds is 4. The average Bonchev–Trinajstić information content (AvgIpc) is 3.06. The SMILES string of the molecule is COc1ccc2cc(C)c3nnc(SCc4ccccn4)n3c2c1. The van der Waals surface area contributed by atoms with Gasteiger partial charge in [-0.15, -0.1) is 10.2 Å². The molecule has 0 aliphatic rings. The Kier molecular flexibility index (Phi) is 3.82. The summed E-state index contributed by atoms with van der Waals surface area (Å²) in [6, 6.07) is 14.1. The van der Waals surface area contributed by atoms with Gasteiger partial charge in [-0.3, -0.25) is 9.38 Å². The molecule has 3 heterocycles. The first-order chi connectivity index (χ1) is 11.8. The van der Waals surface area contributed by atoms with Crippen molar-refractivity contribution in [2.75, 3.05) is 7.11 Å². The van der Waals surface area contributed by atoms with Crippen molar-refractivity contribution in [1.29, 1.82) is 0 Å². The number of ether oxygens (including phenoxy) is 1. The van der Waals surface area contributed by atoms with E-state index in [0.717, 1.165) is 44.5 Å². The smallest absolute Gasteiger partial charge is 0.196 e. The lowest BCUT2D eigenvalue weighted by Crippen LogP contribution is -1.95. The van der Waals surface area contributed by atoms with Crippen LogP contribution in [0, 0.1) is 6.92 Å². The third-order valence-electron chi connectivity index (χ3n) is 3.91. The maximum absolute atomic E-state index is 5.38. The van der Waals surface area contributed by atoms with E-state index in [2.05, 4.69) is 38.6 Å². The molecule has 24 heavy (non-hydrogen) atoms. The maximum atomic E-state index is 5.38. The van der Waals surface area contributed by atoms with Gasteiger partial charge in [0.05, 0.1) is 18.3 Å². The van der Waals surface area contributed by atoms with Crippen LogP contribution >= 0.6 is 11.8 Å². The fraction of sp³-hybridized carbons (Fsp3) is 0.167. The minimum absolute atomic E-state index is 0.751. The summed E-state index contributed by atoms with van der Waals surface area (Å²) in [6.45, 7) is 2.06. The van der Waals surface area contributed by atoms with Crippen LogP contribution in [-0.2, 0) is 5.75 Å². The third-order valence-corrected chi connectivity index (χ3v) is 4.87. The van der Waals surface area contributed by atoms with Crippen molar-refractivity contribution in [1.82, 2.24) is 19.6 Å². The van der Waals surface area contributed by atoms with E-state index in [-0.39, 0.29) is 0 Å². The lowest BCUT2D eigenvalue weighted by Gasteiger charge is -2.08. The van der Waals surface area contributed by atoms with Crippen LogP contribution in [0.4, 0.5) is 0 Å². The van der Waals surface area contributed by atoms with Gasteiger partial charge in [0, 0.05) is 18.0 Å². The van der Waals surface area contributed by atoms with Crippen molar-refractivity contribution in [2.24, 2.45) is 0 Å². The standard InChI is InChI=1S/C18H16N4OS/c1-12-9-13-6-7-15(23-2)10-16(13)22-17(12)20-21-18(22)24-11-14-5-3-4-8-19-14/h3-10H,11H2,1-2H3. The number of aryl methyl sites for hydroxylation is 1. The molecule has 4 rings (SSSR count). The van der Waals surface area contributed by atoms with Gasteiger partial charge in [0.2, 0.25) is 0 Å². The zero-order valence-corrected chi connectivity index (χ0v) is 14.2. The summed E-state index contributed by atoms with van der Waals surface area (Å²) >= 11 is 1.63. The highest BCUT2D eigenvalue weighted by Gasteiger charge is 2.13. The zero-order valence-electron chi connectivity index (χ0n) is 13.4. The number of hydrogen-bond donors (Lipinski definition) is 0. The molecule has 4 aromatic rings. The zero-order chi connectivity index (χ0) is 16.5. The normalized spacial score (nSPS) is 11.2. The first-order valence-electron chi connectivity index (χ1n) is 7.61. The second-order valence-electron chi connectivity index (χ2n) is 5.50.